The van der Waals surface area contributed by atoms with E-state index in [-0.39, 0.29) is 48.6 Å². The monoisotopic (exact) mass is 483 g/mol. The Morgan fingerprint density at radius 2 is 2.03 bits per heavy atom. The number of carbonyl (C=O) groups is 4. The molecule has 3 atom stereocenters. The van der Waals surface area contributed by atoms with Crippen LogP contribution in [0.15, 0.2) is 24.3 Å². The van der Waals surface area contributed by atoms with Gasteiger partial charge in [-0.3, -0.25) is 19.2 Å². The van der Waals surface area contributed by atoms with E-state index in [4.69, 9.17) is 4.74 Å². The molecular formula is C25H33N5O5. The van der Waals surface area contributed by atoms with Crippen molar-refractivity contribution in [3.05, 3.63) is 30.0 Å². The topological polar surface area (TPSA) is 143 Å². The van der Waals surface area contributed by atoms with E-state index in [1.165, 1.54) is 4.90 Å². The number of amides is 3. The zero-order valence-corrected chi connectivity index (χ0v) is 20.3. The summed E-state index contributed by atoms with van der Waals surface area (Å²) in [5, 5.41) is 9.39. The van der Waals surface area contributed by atoms with Crippen LogP contribution in [0.25, 0.3) is 10.9 Å². The van der Waals surface area contributed by atoms with Crippen molar-refractivity contribution in [3.8, 4) is 5.75 Å². The molecule has 0 radical (unpaired) electrons. The highest BCUT2D eigenvalue weighted by atomic mass is 16.5. The molecule has 4 rings (SSSR count). The minimum atomic E-state index is -0.768. The van der Waals surface area contributed by atoms with Crippen molar-refractivity contribution < 1.29 is 23.9 Å². The number of aromatic nitrogens is 1. The van der Waals surface area contributed by atoms with Crippen molar-refractivity contribution in [1.82, 2.24) is 25.8 Å². The van der Waals surface area contributed by atoms with Crippen molar-refractivity contribution in [2.45, 2.75) is 38.8 Å². The third-order valence-electron chi connectivity index (χ3n) is 6.46. The van der Waals surface area contributed by atoms with Gasteiger partial charge in [0.1, 0.15) is 11.4 Å². The van der Waals surface area contributed by atoms with Gasteiger partial charge >= 0.3 is 0 Å². The predicted molar refractivity (Wildman–Crippen MR) is 130 cm³/mol. The molecule has 0 aliphatic carbocycles. The fraction of sp³-hybridized carbons (Fsp3) is 0.520. The van der Waals surface area contributed by atoms with Gasteiger partial charge in [0.2, 0.25) is 11.8 Å². The highest BCUT2D eigenvalue weighted by Crippen LogP contribution is 2.26. The lowest BCUT2D eigenvalue weighted by atomic mass is 9.99. The Morgan fingerprint density at radius 1 is 1.26 bits per heavy atom. The van der Waals surface area contributed by atoms with Crippen LogP contribution in [0.4, 0.5) is 0 Å². The minimum Gasteiger partial charge on any atom is -0.496 e. The number of H-pyrrole nitrogens is 1. The molecule has 3 amide bonds. The van der Waals surface area contributed by atoms with Crippen LogP contribution < -0.4 is 20.7 Å². The van der Waals surface area contributed by atoms with Gasteiger partial charge in [-0.1, -0.05) is 19.9 Å². The second-order valence-corrected chi connectivity index (χ2v) is 9.68. The van der Waals surface area contributed by atoms with Gasteiger partial charge < -0.3 is 30.6 Å². The van der Waals surface area contributed by atoms with Crippen molar-refractivity contribution in [2.24, 2.45) is 11.8 Å². The molecule has 10 heteroatoms. The molecule has 10 nitrogen and oxygen atoms in total. The number of nitrogens with one attached hydrogen (secondary N) is 4. The maximum absolute atomic E-state index is 13.4. The number of ether oxygens (including phenoxy) is 1. The van der Waals surface area contributed by atoms with E-state index in [9.17, 15) is 19.2 Å². The van der Waals surface area contributed by atoms with E-state index in [2.05, 4.69) is 20.9 Å². The number of rotatable bonds is 11. The summed E-state index contributed by atoms with van der Waals surface area (Å²) in [5.41, 5.74) is 1.08. The van der Waals surface area contributed by atoms with E-state index < -0.39 is 11.9 Å². The second kappa shape index (κ2) is 10.5. The summed E-state index contributed by atoms with van der Waals surface area (Å²) in [6, 6.07) is 6.11. The molecule has 0 spiro atoms. The quantitative estimate of drug-likeness (QED) is 0.349. The summed E-state index contributed by atoms with van der Waals surface area (Å²) >= 11 is 0. The molecule has 1 aromatic heterocycles. The van der Waals surface area contributed by atoms with Gasteiger partial charge in [0.05, 0.1) is 31.7 Å². The lowest BCUT2D eigenvalue weighted by Gasteiger charge is -2.27. The average Bonchev–Trinajstić information content (AvgIpc) is 3.45. The Balaban J connectivity index is 1.49. The van der Waals surface area contributed by atoms with Crippen LogP contribution in [0.3, 0.4) is 0 Å². The molecule has 4 N–H and O–H groups in total. The van der Waals surface area contributed by atoms with Crippen LogP contribution in [0.1, 0.15) is 37.2 Å². The highest BCUT2D eigenvalue weighted by molar-refractivity contribution is 6.02. The average molecular weight is 484 g/mol. The smallest absolute Gasteiger partial charge is 0.268 e. The molecule has 2 fully saturated rings. The Bertz CT molecular complexity index is 1120. The summed E-state index contributed by atoms with van der Waals surface area (Å²) in [6.07, 6.45) is 1.06. The first-order valence-electron chi connectivity index (χ1n) is 12.1. The minimum absolute atomic E-state index is 0.0970. The first kappa shape index (κ1) is 24.7. The van der Waals surface area contributed by atoms with Crippen molar-refractivity contribution in [2.75, 3.05) is 33.3 Å². The Hall–Kier alpha value is -3.40. The molecule has 3 heterocycles. The number of aromatic amines is 1. The number of fused-ring (bicyclic) bond motifs is 1. The maximum Gasteiger partial charge on any atom is 0.268 e. The number of Topliss-reactive ketones (excluding diaryl/α,β-unsaturated/α-hetero) is 1. The fourth-order valence-electron chi connectivity index (χ4n) is 4.48. The molecule has 2 aliphatic rings. The molecule has 2 aromatic rings. The first-order chi connectivity index (χ1) is 16.8. The zero-order valence-electron chi connectivity index (χ0n) is 20.3. The van der Waals surface area contributed by atoms with Crippen LogP contribution >= 0.6 is 0 Å². The van der Waals surface area contributed by atoms with Gasteiger partial charge in [0, 0.05) is 30.5 Å². The van der Waals surface area contributed by atoms with Gasteiger partial charge in [-0.05, 0) is 37.0 Å². The molecule has 2 saturated heterocycles. The number of hydrogen-bond acceptors (Lipinski definition) is 6. The Kier molecular flexibility index (Phi) is 7.39. The van der Waals surface area contributed by atoms with Crippen LogP contribution in [0.2, 0.25) is 0 Å². The van der Waals surface area contributed by atoms with E-state index in [0.717, 1.165) is 10.9 Å². The van der Waals surface area contributed by atoms with Crippen molar-refractivity contribution >= 4 is 34.4 Å². The van der Waals surface area contributed by atoms with Gasteiger partial charge in [-0.15, -0.1) is 0 Å². The molecule has 0 bridgehead atoms. The number of nitrogens with zero attached hydrogens (tertiary/aromatic N) is 1. The lowest BCUT2D eigenvalue weighted by Crippen LogP contribution is -2.49. The van der Waals surface area contributed by atoms with E-state index in [1.807, 2.05) is 32.0 Å². The zero-order chi connectivity index (χ0) is 25.1. The highest BCUT2D eigenvalue weighted by Gasteiger charge is 2.37. The third kappa shape index (κ3) is 5.82. The Morgan fingerprint density at radius 3 is 2.66 bits per heavy atom. The van der Waals surface area contributed by atoms with Crippen LogP contribution in [-0.4, -0.2) is 78.8 Å². The van der Waals surface area contributed by atoms with Crippen LogP contribution in [0.5, 0.6) is 5.75 Å². The maximum atomic E-state index is 13.4. The summed E-state index contributed by atoms with van der Waals surface area (Å²) in [4.78, 5) is 56.0. The molecule has 35 heavy (non-hydrogen) atoms. The summed E-state index contributed by atoms with van der Waals surface area (Å²) in [5.74, 6) is -0.485. The molecule has 1 aromatic carbocycles. The summed E-state index contributed by atoms with van der Waals surface area (Å²) in [7, 11) is 1.57. The number of benzene rings is 1. The van der Waals surface area contributed by atoms with Gasteiger partial charge in [0.25, 0.3) is 5.91 Å². The van der Waals surface area contributed by atoms with Crippen molar-refractivity contribution in [3.63, 3.8) is 0 Å². The van der Waals surface area contributed by atoms with E-state index in [0.29, 0.717) is 37.4 Å². The summed E-state index contributed by atoms with van der Waals surface area (Å²) in [6.45, 7) is 5.12. The van der Waals surface area contributed by atoms with E-state index in [1.54, 1.807) is 13.2 Å². The van der Waals surface area contributed by atoms with Gasteiger partial charge in [-0.25, -0.2) is 0 Å². The molecular weight excluding hydrogens is 450 g/mol. The second-order valence-electron chi connectivity index (χ2n) is 9.68. The largest absolute Gasteiger partial charge is 0.496 e. The van der Waals surface area contributed by atoms with Gasteiger partial charge in [-0.2, -0.15) is 0 Å². The number of carbonyl (C=O) groups excluding carboxylic acids is 4. The molecule has 188 valence electrons. The van der Waals surface area contributed by atoms with Crippen LogP contribution in [-0.2, 0) is 14.4 Å². The SMILES string of the molecule is COc1cccc2[nH]c(C(=O)N[C@@H](CC(C)C)C(=O)CN(C[C@@H]3CCNC3=O)C(=O)C3CN3)cc12. The third-order valence-corrected chi connectivity index (χ3v) is 6.46. The fourth-order valence-corrected chi connectivity index (χ4v) is 4.48. The molecule has 2 aliphatic heterocycles. The molecule has 1 unspecified atom stereocenters. The predicted octanol–water partition coefficient (Wildman–Crippen LogP) is 0.827. The van der Waals surface area contributed by atoms with Gasteiger partial charge in [0.15, 0.2) is 5.78 Å². The number of hydrogen-bond donors (Lipinski definition) is 4. The lowest BCUT2D eigenvalue weighted by molar-refractivity contribution is -0.137. The van der Waals surface area contributed by atoms with E-state index >= 15 is 0 Å². The first-order valence-corrected chi connectivity index (χ1v) is 12.1. The normalized spacial score (nSPS) is 19.9. The molecule has 0 saturated carbocycles. The number of ketones is 1. The van der Waals surface area contributed by atoms with Crippen LogP contribution in [0, 0.1) is 11.8 Å². The van der Waals surface area contributed by atoms with Crippen molar-refractivity contribution in [1.29, 1.82) is 0 Å². The Labute approximate surface area is 204 Å². The standard InChI is InChI=1S/C25H33N5O5/c1-14(2)9-18(29-24(33)19-10-16-17(28-19)5-4-6-22(16)35-3)21(31)13-30(25(34)20-11-27-20)12-15-7-8-26-23(15)32/h4-6,10,14-15,18,20,27-28H,7-9,11-13H2,1-3H3,(H,26,32)(H,29,33)/t15-,18-,20?/m0/s1. The summed E-state index contributed by atoms with van der Waals surface area (Å²) < 4.78 is 5.37. The number of methoxy groups -OCH3 is 1.